The molecular formula is C26H12N6S4. The van der Waals surface area contributed by atoms with E-state index in [0.717, 1.165) is 19.5 Å². The Kier molecular flexibility index (Phi) is 6.20. The Bertz CT molecular complexity index is 1690. The molecule has 10 heteroatoms. The second kappa shape index (κ2) is 9.47. The fraction of sp³-hybridized carbons (Fsp3) is 0.0769. The molecule has 0 spiro atoms. The Morgan fingerprint density at radius 3 is 1.47 bits per heavy atom. The fourth-order valence-electron chi connectivity index (χ4n) is 3.78. The van der Waals surface area contributed by atoms with Crippen molar-refractivity contribution >= 4 is 87.2 Å². The van der Waals surface area contributed by atoms with Crippen molar-refractivity contribution < 1.29 is 0 Å². The number of amidine groups is 2. The van der Waals surface area contributed by atoms with Gasteiger partial charge < -0.3 is 9.69 Å². The molecule has 0 N–H and O–H groups in total. The molecule has 36 heavy (non-hydrogen) atoms. The summed E-state index contributed by atoms with van der Waals surface area (Å²) in [5, 5.41) is 21.7. The number of nitriles is 2. The van der Waals surface area contributed by atoms with Gasteiger partial charge in [-0.1, -0.05) is 45.8 Å². The van der Waals surface area contributed by atoms with Crippen LogP contribution in [0.25, 0.3) is 49.4 Å². The molecule has 0 unspecified atom stereocenters. The minimum Gasteiger partial charge on any atom is -0.351 e. The minimum atomic E-state index is -0.163. The van der Waals surface area contributed by atoms with Gasteiger partial charge >= 0.3 is 11.7 Å². The molecular weight excluding hydrogens is 525 g/mol. The number of rotatable bonds is 4. The number of benzene rings is 1. The van der Waals surface area contributed by atoms with E-state index in [2.05, 4.69) is 45.7 Å². The number of hydrogen-bond donors (Lipinski definition) is 0. The molecule has 0 atom stereocenters. The molecule has 4 heterocycles. The van der Waals surface area contributed by atoms with E-state index >= 15 is 0 Å². The Labute approximate surface area is 222 Å². The summed E-state index contributed by atoms with van der Waals surface area (Å²) in [7, 11) is 0. The third-order valence-electron chi connectivity index (χ3n) is 5.47. The topological polar surface area (TPSA) is 81.0 Å². The highest BCUT2D eigenvalue weighted by Crippen LogP contribution is 2.47. The number of fused-ring (bicyclic) bond motifs is 2. The molecule has 5 aromatic rings. The highest BCUT2D eigenvalue weighted by atomic mass is 32.1. The number of thiophene rings is 4. The molecule has 6 nitrogen and oxygen atoms in total. The molecule has 170 valence electrons. The number of aryl methyl sites for hydroxylation is 2. The van der Waals surface area contributed by atoms with Crippen molar-refractivity contribution in [2.24, 2.45) is 9.98 Å². The van der Waals surface area contributed by atoms with Crippen LogP contribution in [0.3, 0.4) is 0 Å². The first-order valence-corrected chi connectivity index (χ1v) is 13.6. The Balaban J connectivity index is 1.56. The average Bonchev–Trinajstić information content (AvgIpc) is 3.69. The maximum absolute atomic E-state index is 8.97. The summed E-state index contributed by atoms with van der Waals surface area (Å²) < 4.78 is 2.48. The van der Waals surface area contributed by atoms with E-state index in [1.807, 2.05) is 36.4 Å². The minimum absolute atomic E-state index is 0.163. The van der Waals surface area contributed by atoms with Crippen LogP contribution < -0.4 is 0 Å². The average molecular weight is 537 g/mol. The van der Waals surface area contributed by atoms with E-state index in [4.69, 9.17) is 23.7 Å². The molecule has 0 saturated carbocycles. The highest BCUT2D eigenvalue weighted by molar-refractivity contribution is 7.28. The van der Waals surface area contributed by atoms with Gasteiger partial charge in [-0.3, -0.25) is 0 Å². The lowest BCUT2D eigenvalue weighted by molar-refractivity contribution is 1.53. The van der Waals surface area contributed by atoms with Crippen LogP contribution in [0.15, 0.2) is 46.4 Å². The lowest BCUT2D eigenvalue weighted by Gasteiger charge is -2.03. The predicted octanol–water partition coefficient (Wildman–Crippen LogP) is 9.14. The molecule has 4 aromatic heterocycles. The summed E-state index contributed by atoms with van der Waals surface area (Å²) in [6.45, 7) is 18.3. The van der Waals surface area contributed by atoms with Gasteiger partial charge in [-0.25, -0.2) is 10.5 Å². The first kappa shape index (κ1) is 23.6. The maximum Gasteiger partial charge on any atom is 0.350 e. The van der Waals surface area contributed by atoms with Crippen molar-refractivity contribution in [1.82, 2.24) is 0 Å². The number of nitrogens with zero attached hydrogens (tertiary/aromatic N) is 6. The summed E-state index contributed by atoms with van der Waals surface area (Å²) >= 11 is 6.42. The quantitative estimate of drug-likeness (QED) is 0.130. The van der Waals surface area contributed by atoms with Crippen molar-refractivity contribution in [3.05, 3.63) is 70.4 Å². The molecule has 0 amide bonds. The van der Waals surface area contributed by atoms with Crippen molar-refractivity contribution in [2.45, 2.75) is 13.8 Å². The van der Waals surface area contributed by atoms with Crippen LogP contribution in [0.2, 0.25) is 0 Å². The second-order valence-electron chi connectivity index (χ2n) is 7.55. The van der Waals surface area contributed by atoms with Gasteiger partial charge in [0.15, 0.2) is 0 Å². The lowest BCUT2D eigenvalue weighted by Crippen LogP contribution is -1.80. The first-order valence-electron chi connectivity index (χ1n) is 10.3. The molecule has 5 rings (SSSR count). The largest absolute Gasteiger partial charge is 0.351 e. The van der Waals surface area contributed by atoms with E-state index < -0.39 is 0 Å². The lowest BCUT2D eigenvalue weighted by atomic mass is 10.0. The zero-order valence-electron chi connectivity index (χ0n) is 18.8. The third kappa shape index (κ3) is 4.10. The van der Waals surface area contributed by atoms with Gasteiger partial charge in [0.25, 0.3) is 0 Å². The molecule has 0 aliphatic rings. The van der Waals surface area contributed by atoms with Gasteiger partial charge in [-0.15, -0.1) is 22.7 Å². The molecule has 0 aliphatic heterocycles. The van der Waals surface area contributed by atoms with Crippen molar-refractivity contribution in [3.63, 3.8) is 0 Å². The van der Waals surface area contributed by atoms with E-state index in [1.54, 1.807) is 22.7 Å². The van der Waals surface area contributed by atoms with E-state index in [-0.39, 0.29) is 11.7 Å². The normalized spacial score (nSPS) is 11.8. The fourth-order valence-corrected chi connectivity index (χ4v) is 8.16. The standard InChI is InChI=1S/C26H12N6S4/c1-13-15-9-19(17-5-7-23(33-17)31-21(11-27)29-3)36-26(15)14(2)16-10-20(35-25(13)16)18-6-8-24(34-18)32-22(12-28)30-4/h5-10H,1-2H3. The van der Waals surface area contributed by atoms with E-state index in [9.17, 15) is 0 Å². The SMILES string of the molecule is [C-]#[N+]C(C#N)=Nc1ccc(-c2cc3c(C)c4sc(-c5ccc(N=C(C#N)[N+]#[C-])s5)cc4c(C)c3s2)s1. The monoisotopic (exact) mass is 536 g/mol. The molecule has 0 fully saturated rings. The van der Waals surface area contributed by atoms with Crippen molar-refractivity contribution in [1.29, 1.82) is 10.5 Å². The first-order chi connectivity index (χ1) is 17.4. The molecule has 0 aliphatic carbocycles. The summed E-state index contributed by atoms with van der Waals surface area (Å²) in [6.07, 6.45) is 0. The second-order valence-corrected chi connectivity index (χ2v) is 11.8. The highest BCUT2D eigenvalue weighted by Gasteiger charge is 2.18. The van der Waals surface area contributed by atoms with Crippen LogP contribution in [0.4, 0.5) is 10.0 Å². The summed E-state index contributed by atoms with van der Waals surface area (Å²) in [5.41, 5.74) is 2.46. The Morgan fingerprint density at radius 2 is 1.11 bits per heavy atom. The molecule has 0 bridgehead atoms. The van der Waals surface area contributed by atoms with Gasteiger partial charge in [-0.2, -0.15) is 0 Å². The zero-order chi connectivity index (χ0) is 25.4. The van der Waals surface area contributed by atoms with Crippen LogP contribution in [-0.2, 0) is 0 Å². The van der Waals surface area contributed by atoms with Gasteiger partial charge in [0.05, 0.1) is 0 Å². The molecule has 0 radical (unpaired) electrons. The van der Waals surface area contributed by atoms with Gasteiger partial charge in [0.2, 0.25) is 10.0 Å². The van der Waals surface area contributed by atoms with Crippen LogP contribution in [0, 0.1) is 49.7 Å². The van der Waals surface area contributed by atoms with Gasteiger partial charge in [0.1, 0.15) is 12.1 Å². The van der Waals surface area contributed by atoms with Crippen molar-refractivity contribution in [2.75, 3.05) is 0 Å². The van der Waals surface area contributed by atoms with E-state index in [0.29, 0.717) is 10.0 Å². The van der Waals surface area contributed by atoms with Crippen LogP contribution >= 0.6 is 45.3 Å². The number of aliphatic imine (C=N–C) groups is 2. The summed E-state index contributed by atoms with van der Waals surface area (Å²) in [5.74, 6) is -0.326. The summed E-state index contributed by atoms with van der Waals surface area (Å²) in [4.78, 5) is 18.9. The van der Waals surface area contributed by atoms with E-state index in [1.165, 1.54) is 54.0 Å². The maximum atomic E-state index is 8.97. The Morgan fingerprint density at radius 1 is 0.694 bits per heavy atom. The molecule has 1 aromatic carbocycles. The van der Waals surface area contributed by atoms with Gasteiger partial charge in [-0.05, 0) is 72.1 Å². The van der Waals surface area contributed by atoms with Crippen molar-refractivity contribution in [3.8, 4) is 31.6 Å². The zero-order valence-corrected chi connectivity index (χ0v) is 22.0. The molecule has 0 saturated heterocycles. The third-order valence-corrected chi connectivity index (χ3v) is 10.3. The van der Waals surface area contributed by atoms with Crippen LogP contribution in [-0.4, -0.2) is 11.7 Å². The van der Waals surface area contributed by atoms with Gasteiger partial charge in [0, 0.05) is 28.9 Å². The van der Waals surface area contributed by atoms with Crippen LogP contribution in [0.5, 0.6) is 0 Å². The summed E-state index contributed by atoms with van der Waals surface area (Å²) in [6, 6.07) is 15.7. The van der Waals surface area contributed by atoms with Crippen LogP contribution in [0.1, 0.15) is 11.1 Å². The number of hydrogen-bond acceptors (Lipinski definition) is 8. The Hall–Kier alpha value is -4.16. The smallest absolute Gasteiger partial charge is 0.350 e. The predicted molar refractivity (Wildman–Crippen MR) is 152 cm³/mol.